The number of phenols is 1. The van der Waals surface area contributed by atoms with Crippen molar-refractivity contribution in [3.05, 3.63) is 29.3 Å². The predicted octanol–water partition coefficient (Wildman–Crippen LogP) is 1.28. The molecule has 0 unspecified atom stereocenters. The van der Waals surface area contributed by atoms with Crippen LogP contribution in [0.5, 0.6) is 5.75 Å². The first-order valence-corrected chi connectivity index (χ1v) is 7.02. The van der Waals surface area contributed by atoms with Crippen LogP contribution >= 0.6 is 0 Å². The van der Waals surface area contributed by atoms with E-state index in [1.807, 2.05) is 11.8 Å². The smallest absolute Gasteiger partial charge is 0.254 e. The van der Waals surface area contributed by atoms with Crippen LogP contribution in [-0.4, -0.2) is 48.3 Å². The van der Waals surface area contributed by atoms with Crippen molar-refractivity contribution in [3.63, 3.8) is 0 Å². The summed E-state index contributed by atoms with van der Waals surface area (Å²) in [6, 6.07) is 4.85. The number of carbonyl (C=O) groups is 1. The van der Waals surface area contributed by atoms with Crippen LogP contribution in [0.3, 0.4) is 0 Å². The summed E-state index contributed by atoms with van der Waals surface area (Å²) >= 11 is 0. The molecule has 20 heavy (non-hydrogen) atoms. The van der Waals surface area contributed by atoms with Gasteiger partial charge in [0.25, 0.3) is 5.91 Å². The maximum absolute atomic E-state index is 12.4. The standard InChI is InChI=1S/C15H22N2O3/c1-11-10-12(18)2-3-14(11)15(19)17-7-4-13(5-8-17)20-9-6-16/h2-3,10,13,18H,4-9,16H2,1H3. The van der Waals surface area contributed by atoms with Crippen molar-refractivity contribution in [1.82, 2.24) is 4.90 Å². The second kappa shape index (κ2) is 6.72. The first kappa shape index (κ1) is 14.8. The first-order chi connectivity index (χ1) is 9.61. The Morgan fingerprint density at radius 1 is 1.45 bits per heavy atom. The van der Waals surface area contributed by atoms with E-state index < -0.39 is 0 Å². The number of aromatic hydroxyl groups is 1. The molecule has 0 aliphatic carbocycles. The summed E-state index contributed by atoms with van der Waals surface area (Å²) in [6.45, 7) is 4.36. The summed E-state index contributed by atoms with van der Waals surface area (Å²) in [5, 5.41) is 9.40. The zero-order chi connectivity index (χ0) is 14.5. The molecule has 1 fully saturated rings. The van der Waals surface area contributed by atoms with Crippen molar-refractivity contribution < 1.29 is 14.6 Å². The molecule has 0 spiro atoms. The summed E-state index contributed by atoms with van der Waals surface area (Å²) in [4.78, 5) is 14.3. The van der Waals surface area contributed by atoms with Gasteiger partial charge >= 0.3 is 0 Å². The Balaban J connectivity index is 1.94. The second-order valence-corrected chi connectivity index (χ2v) is 5.15. The highest BCUT2D eigenvalue weighted by atomic mass is 16.5. The van der Waals surface area contributed by atoms with Gasteiger partial charge in [0.2, 0.25) is 0 Å². The average Bonchev–Trinajstić information content (AvgIpc) is 2.45. The average molecular weight is 278 g/mol. The number of phenolic OH excluding ortho intramolecular Hbond substituents is 1. The Hall–Kier alpha value is -1.59. The first-order valence-electron chi connectivity index (χ1n) is 7.02. The zero-order valence-corrected chi connectivity index (χ0v) is 11.8. The fourth-order valence-corrected chi connectivity index (χ4v) is 2.52. The highest BCUT2D eigenvalue weighted by Crippen LogP contribution is 2.20. The van der Waals surface area contributed by atoms with Gasteiger partial charge in [-0.25, -0.2) is 0 Å². The molecule has 0 atom stereocenters. The largest absolute Gasteiger partial charge is 0.508 e. The van der Waals surface area contributed by atoms with Crippen LogP contribution in [0.1, 0.15) is 28.8 Å². The lowest BCUT2D eigenvalue weighted by Crippen LogP contribution is -2.41. The van der Waals surface area contributed by atoms with E-state index in [9.17, 15) is 9.90 Å². The van der Waals surface area contributed by atoms with Gasteiger partial charge in [-0.05, 0) is 43.5 Å². The van der Waals surface area contributed by atoms with Crippen molar-refractivity contribution in [2.75, 3.05) is 26.2 Å². The van der Waals surface area contributed by atoms with Crippen molar-refractivity contribution in [2.45, 2.75) is 25.9 Å². The highest BCUT2D eigenvalue weighted by Gasteiger charge is 2.24. The Kier molecular flexibility index (Phi) is 4.98. The van der Waals surface area contributed by atoms with E-state index in [2.05, 4.69) is 0 Å². The van der Waals surface area contributed by atoms with E-state index in [1.54, 1.807) is 18.2 Å². The van der Waals surface area contributed by atoms with E-state index in [0.29, 0.717) is 31.8 Å². The number of amides is 1. The van der Waals surface area contributed by atoms with Crippen molar-refractivity contribution in [1.29, 1.82) is 0 Å². The van der Waals surface area contributed by atoms with Crippen LogP contribution in [0.2, 0.25) is 0 Å². The normalized spacial score (nSPS) is 16.4. The molecule has 1 aliphatic rings. The summed E-state index contributed by atoms with van der Waals surface area (Å²) < 4.78 is 5.61. The topological polar surface area (TPSA) is 75.8 Å². The van der Waals surface area contributed by atoms with Crippen LogP contribution < -0.4 is 5.73 Å². The van der Waals surface area contributed by atoms with Crippen LogP contribution in [-0.2, 0) is 4.74 Å². The number of carbonyl (C=O) groups excluding carboxylic acids is 1. The molecule has 5 nitrogen and oxygen atoms in total. The van der Waals surface area contributed by atoms with E-state index in [-0.39, 0.29) is 17.8 Å². The van der Waals surface area contributed by atoms with E-state index in [1.165, 1.54) is 0 Å². The predicted molar refractivity (Wildman–Crippen MR) is 76.8 cm³/mol. The summed E-state index contributed by atoms with van der Waals surface area (Å²) in [7, 11) is 0. The zero-order valence-electron chi connectivity index (χ0n) is 11.8. The number of hydrogen-bond acceptors (Lipinski definition) is 4. The van der Waals surface area contributed by atoms with Gasteiger partial charge in [-0.1, -0.05) is 0 Å². The number of rotatable bonds is 4. The number of hydrogen-bond donors (Lipinski definition) is 2. The molecule has 0 radical (unpaired) electrons. The molecule has 0 aromatic heterocycles. The van der Waals surface area contributed by atoms with Gasteiger partial charge in [0.15, 0.2) is 0 Å². The number of aryl methyl sites for hydroxylation is 1. The molecule has 1 aromatic rings. The number of ether oxygens (including phenoxy) is 1. The van der Waals surface area contributed by atoms with Crippen LogP contribution in [0.4, 0.5) is 0 Å². The molecule has 2 rings (SSSR count). The van der Waals surface area contributed by atoms with E-state index in [4.69, 9.17) is 10.5 Å². The van der Waals surface area contributed by atoms with E-state index >= 15 is 0 Å². The minimum atomic E-state index is 0.0276. The van der Waals surface area contributed by atoms with Gasteiger partial charge in [0.1, 0.15) is 5.75 Å². The lowest BCUT2D eigenvalue weighted by Gasteiger charge is -2.32. The van der Waals surface area contributed by atoms with Crippen LogP contribution in [0, 0.1) is 6.92 Å². The maximum Gasteiger partial charge on any atom is 0.254 e. The Morgan fingerprint density at radius 3 is 2.75 bits per heavy atom. The molecule has 1 aliphatic heterocycles. The third-order valence-corrected chi connectivity index (χ3v) is 3.64. The quantitative estimate of drug-likeness (QED) is 0.870. The van der Waals surface area contributed by atoms with Gasteiger partial charge in [0.05, 0.1) is 12.7 Å². The van der Waals surface area contributed by atoms with Gasteiger partial charge in [0, 0.05) is 25.2 Å². The minimum Gasteiger partial charge on any atom is -0.508 e. The molecule has 0 saturated carbocycles. The van der Waals surface area contributed by atoms with Crippen molar-refractivity contribution in [2.24, 2.45) is 5.73 Å². The number of nitrogens with zero attached hydrogens (tertiary/aromatic N) is 1. The third kappa shape index (κ3) is 3.49. The fraction of sp³-hybridized carbons (Fsp3) is 0.533. The summed E-state index contributed by atoms with van der Waals surface area (Å²) in [5.41, 5.74) is 6.88. The lowest BCUT2D eigenvalue weighted by atomic mass is 10.0. The number of likely N-dealkylation sites (tertiary alicyclic amines) is 1. The minimum absolute atomic E-state index is 0.0276. The molecular weight excluding hydrogens is 256 g/mol. The van der Waals surface area contributed by atoms with Crippen molar-refractivity contribution in [3.8, 4) is 5.75 Å². The summed E-state index contributed by atoms with van der Waals surface area (Å²) in [6.07, 6.45) is 1.91. The van der Waals surface area contributed by atoms with Gasteiger partial charge in [-0.2, -0.15) is 0 Å². The summed E-state index contributed by atoms with van der Waals surface area (Å²) in [5.74, 6) is 0.215. The maximum atomic E-state index is 12.4. The SMILES string of the molecule is Cc1cc(O)ccc1C(=O)N1CCC(OCCN)CC1. The number of piperidine rings is 1. The third-order valence-electron chi connectivity index (χ3n) is 3.64. The second-order valence-electron chi connectivity index (χ2n) is 5.15. The molecule has 5 heteroatoms. The number of benzene rings is 1. The Morgan fingerprint density at radius 2 is 2.15 bits per heavy atom. The van der Waals surface area contributed by atoms with Gasteiger partial charge < -0.3 is 20.5 Å². The lowest BCUT2D eigenvalue weighted by molar-refractivity contribution is 0.0121. The van der Waals surface area contributed by atoms with E-state index in [0.717, 1.165) is 18.4 Å². The van der Waals surface area contributed by atoms with Crippen molar-refractivity contribution >= 4 is 5.91 Å². The van der Waals surface area contributed by atoms with Gasteiger partial charge in [-0.3, -0.25) is 4.79 Å². The molecule has 0 bridgehead atoms. The molecule has 1 saturated heterocycles. The molecule has 1 amide bonds. The Labute approximate surface area is 119 Å². The van der Waals surface area contributed by atoms with Crippen LogP contribution in [0.15, 0.2) is 18.2 Å². The molecule has 3 N–H and O–H groups in total. The Bertz CT molecular complexity index is 468. The molecular formula is C15H22N2O3. The number of nitrogens with two attached hydrogens (primary N) is 1. The molecule has 1 heterocycles. The fourth-order valence-electron chi connectivity index (χ4n) is 2.52. The van der Waals surface area contributed by atoms with Gasteiger partial charge in [-0.15, -0.1) is 0 Å². The monoisotopic (exact) mass is 278 g/mol. The van der Waals surface area contributed by atoms with Crippen LogP contribution in [0.25, 0.3) is 0 Å². The molecule has 110 valence electrons. The highest BCUT2D eigenvalue weighted by molar-refractivity contribution is 5.95. The molecule has 1 aromatic carbocycles.